The number of aryl methyl sites for hydroxylation is 2. The number of benzene rings is 2. The van der Waals surface area contributed by atoms with Gasteiger partial charge < -0.3 is 14.0 Å². The van der Waals surface area contributed by atoms with Crippen LogP contribution in [-0.2, 0) is 16.6 Å². The Hall–Kier alpha value is -2.91. The summed E-state index contributed by atoms with van der Waals surface area (Å²) < 4.78 is 43.3. The second-order valence-electron chi connectivity index (χ2n) is 6.15. The number of sulfonamides is 1. The van der Waals surface area contributed by atoms with Crippen LogP contribution in [0.25, 0.3) is 11.4 Å². The number of nitrogens with zero attached hydrogens (tertiary/aromatic N) is 2. The van der Waals surface area contributed by atoms with Crippen LogP contribution in [0.1, 0.15) is 17.0 Å². The maximum absolute atomic E-state index is 12.7. The summed E-state index contributed by atoms with van der Waals surface area (Å²) in [4.78, 5) is 4.42. The van der Waals surface area contributed by atoms with E-state index in [1.165, 1.54) is 0 Å². The molecule has 0 saturated carbocycles. The fourth-order valence-electron chi connectivity index (χ4n) is 2.69. The normalized spacial score (nSPS) is 11.4. The highest BCUT2D eigenvalue weighted by Gasteiger charge is 2.20. The molecule has 9 heteroatoms. The molecule has 0 unspecified atom stereocenters. The summed E-state index contributed by atoms with van der Waals surface area (Å²) in [7, 11) is -0.622. The lowest BCUT2D eigenvalue weighted by atomic mass is 10.1. The second-order valence-corrected chi connectivity index (χ2v) is 7.89. The number of rotatable bonds is 7. The van der Waals surface area contributed by atoms with E-state index in [2.05, 4.69) is 14.9 Å². The van der Waals surface area contributed by atoms with Crippen LogP contribution in [0.5, 0.6) is 11.5 Å². The zero-order chi connectivity index (χ0) is 20.3. The van der Waals surface area contributed by atoms with Crippen LogP contribution >= 0.6 is 0 Å². The van der Waals surface area contributed by atoms with Gasteiger partial charge in [-0.2, -0.15) is 4.98 Å². The SMILES string of the molecule is COc1ccc(-c2noc(CNS(=O)(=O)c3cc(C)c(OC)cc3C)n2)cc1. The first-order valence-corrected chi connectivity index (χ1v) is 9.94. The van der Waals surface area contributed by atoms with Gasteiger partial charge in [0.1, 0.15) is 11.5 Å². The third-order valence-corrected chi connectivity index (χ3v) is 5.75. The molecule has 1 aromatic heterocycles. The van der Waals surface area contributed by atoms with E-state index < -0.39 is 10.0 Å². The van der Waals surface area contributed by atoms with E-state index in [0.717, 1.165) is 11.1 Å². The minimum atomic E-state index is -3.75. The second kappa shape index (κ2) is 7.99. The highest BCUT2D eigenvalue weighted by Crippen LogP contribution is 2.26. The summed E-state index contributed by atoms with van der Waals surface area (Å²) in [5.74, 6) is 1.88. The Bertz CT molecular complexity index is 1080. The number of nitrogens with one attached hydrogen (secondary N) is 1. The molecule has 0 spiro atoms. The van der Waals surface area contributed by atoms with Crippen LogP contribution in [0.3, 0.4) is 0 Å². The molecule has 1 heterocycles. The van der Waals surface area contributed by atoms with Crippen LogP contribution < -0.4 is 14.2 Å². The van der Waals surface area contributed by atoms with Crippen LogP contribution in [0, 0.1) is 13.8 Å². The number of methoxy groups -OCH3 is 2. The first kappa shape index (κ1) is 19.8. The molecular formula is C19H21N3O5S. The van der Waals surface area contributed by atoms with Crippen molar-refractivity contribution in [2.45, 2.75) is 25.3 Å². The average Bonchev–Trinajstić information content (AvgIpc) is 3.17. The van der Waals surface area contributed by atoms with Gasteiger partial charge in [0.15, 0.2) is 0 Å². The Balaban J connectivity index is 1.75. The largest absolute Gasteiger partial charge is 0.497 e. The zero-order valence-electron chi connectivity index (χ0n) is 16.0. The predicted octanol–water partition coefficient (Wildman–Crippen LogP) is 2.85. The molecule has 0 saturated heterocycles. The van der Waals surface area contributed by atoms with Gasteiger partial charge in [0, 0.05) is 5.56 Å². The first-order valence-electron chi connectivity index (χ1n) is 8.46. The van der Waals surface area contributed by atoms with Crippen LogP contribution in [0.4, 0.5) is 0 Å². The monoisotopic (exact) mass is 403 g/mol. The lowest BCUT2D eigenvalue weighted by molar-refractivity contribution is 0.376. The zero-order valence-corrected chi connectivity index (χ0v) is 16.8. The van der Waals surface area contributed by atoms with Crippen molar-refractivity contribution in [1.29, 1.82) is 0 Å². The molecule has 0 fully saturated rings. The van der Waals surface area contributed by atoms with Gasteiger partial charge in [0.25, 0.3) is 0 Å². The average molecular weight is 403 g/mol. The molecule has 1 N–H and O–H groups in total. The molecular weight excluding hydrogens is 382 g/mol. The van der Waals surface area contributed by atoms with Crippen molar-refractivity contribution in [3.8, 4) is 22.9 Å². The van der Waals surface area contributed by atoms with Gasteiger partial charge in [-0.25, -0.2) is 13.1 Å². The van der Waals surface area contributed by atoms with Crippen molar-refractivity contribution in [1.82, 2.24) is 14.9 Å². The molecule has 8 nitrogen and oxygen atoms in total. The topological polar surface area (TPSA) is 104 Å². The molecule has 3 aromatic rings. The van der Waals surface area contributed by atoms with Gasteiger partial charge in [-0.1, -0.05) is 5.16 Å². The molecule has 0 aliphatic rings. The van der Waals surface area contributed by atoms with E-state index in [-0.39, 0.29) is 17.3 Å². The number of hydrogen-bond acceptors (Lipinski definition) is 7. The summed E-state index contributed by atoms with van der Waals surface area (Å²) in [6.45, 7) is 3.39. The highest BCUT2D eigenvalue weighted by molar-refractivity contribution is 7.89. The maximum Gasteiger partial charge on any atom is 0.242 e. The van der Waals surface area contributed by atoms with Crippen molar-refractivity contribution in [3.63, 3.8) is 0 Å². The Morgan fingerprint density at radius 2 is 1.75 bits per heavy atom. The summed E-state index contributed by atoms with van der Waals surface area (Å²) in [5, 5.41) is 3.89. The lowest BCUT2D eigenvalue weighted by Gasteiger charge is -2.12. The fraction of sp³-hybridized carbons (Fsp3) is 0.263. The fourth-order valence-corrected chi connectivity index (χ4v) is 3.97. The summed E-state index contributed by atoms with van der Waals surface area (Å²) >= 11 is 0. The van der Waals surface area contributed by atoms with Crippen molar-refractivity contribution in [2.24, 2.45) is 0 Å². The molecule has 28 heavy (non-hydrogen) atoms. The first-order chi connectivity index (χ1) is 13.3. The molecule has 0 aliphatic heterocycles. The number of hydrogen-bond donors (Lipinski definition) is 1. The summed E-state index contributed by atoms with van der Waals surface area (Å²) in [5.41, 5.74) is 2.05. The van der Waals surface area contributed by atoms with Gasteiger partial charge in [-0.05, 0) is 61.4 Å². The van der Waals surface area contributed by atoms with E-state index >= 15 is 0 Å². The summed E-state index contributed by atoms with van der Waals surface area (Å²) in [6.07, 6.45) is 0. The van der Waals surface area contributed by atoms with E-state index in [1.807, 2.05) is 0 Å². The Morgan fingerprint density at radius 1 is 1.04 bits per heavy atom. The van der Waals surface area contributed by atoms with Crippen LogP contribution in [0.15, 0.2) is 45.8 Å². The van der Waals surface area contributed by atoms with Crippen LogP contribution in [0.2, 0.25) is 0 Å². The van der Waals surface area contributed by atoms with Crippen molar-refractivity contribution in [3.05, 3.63) is 53.4 Å². The summed E-state index contributed by atoms with van der Waals surface area (Å²) in [6, 6.07) is 10.4. The third kappa shape index (κ3) is 4.15. The molecule has 148 valence electrons. The Kier molecular flexibility index (Phi) is 5.66. The predicted molar refractivity (Wildman–Crippen MR) is 103 cm³/mol. The minimum absolute atomic E-state index is 0.115. The molecule has 0 aliphatic carbocycles. The lowest BCUT2D eigenvalue weighted by Crippen LogP contribution is -2.24. The van der Waals surface area contributed by atoms with E-state index in [9.17, 15) is 8.42 Å². The Labute approximate surface area is 163 Å². The number of ether oxygens (including phenoxy) is 2. The van der Waals surface area contributed by atoms with Gasteiger partial charge in [0.2, 0.25) is 21.7 Å². The smallest absolute Gasteiger partial charge is 0.242 e. The van der Waals surface area contributed by atoms with Gasteiger partial charge in [0.05, 0.1) is 25.7 Å². The van der Waals surface area contributed by atoms with Gasteiger partial charge in [-0.3, -0.25) is 0 Å². The highest BCUT2D eigenvalue weighted by atomic mass is 32.2. The number of aromatic nitrogens is 2. The Morgan fingerprint density at radius 3 is 2.39 bits per heavy atom. The van der Waals surface area contributed by atoms with Gasteiger partial charge in [-0.15, -0.1) is 0 Å². The minimum Gasteiger partial charge on any atom is -0.497 e. The van der Waals surface area contributed by atoms with Crippen LogP contribution in [-0.4, -0.2) is 32.8 Å². The van der Waals surface area contributed by atoms with E-state index in [4.69, 9.17) is 14.0 Å². The maximum atomic E-state index is 12.7. The molecule has 0 atom stereocenters. The molecule has 0 radical (unpaired) electrons. The van der Waals surface area contributed by atoms with E-state index in [1.54, 1.807) is 64.5 Å². The quantitative estimate of drug-likeness (QED) is 0.647. The van der Waals surface area contributed by atoms with Crippen molar-refractivity contribution in [2.75, 3.05) is 14.2 Å². The molecule has 3 rings (SSSR count). The van der Waals surface area contributed by atoms with Crippen molar-refractivity contribution < 1.29 is 22.4 Å². The standard InChI is InChI=1S/C19H21N3O5S/c1-12-10-17(13(2)9-16(12)26-4)28(23,24)20-11-18-21-19(22-27-18)14-5-7-15(25-3)8-6-14/h5-10,20H,11H2,1-4H3. The molecule has 0 amide bonds. The van der Waals surface area contributed by atoms with Gasteiger partial charge >= 0.3 is 0 Å². The molecule has 2 aromatic carbocycles. The van der Waals surface area contributed by atoms with E-state index in [0.29, 0.717) is 22.9 Å². The third-order valence-electron chi connectivity index (χ3n) is 4.21. The molecule has 0 bridgehead atoms. The van der Waals surface area contributed by atoms with Crippen molar-refractivity contribution >= 4 is 10.0 Å².